The SMILES string of the molecule is NC(N)=N/[NH+]=C/c1cccc(OCc2ccccc2)c1. The highest BCUT2D eigenvalue weighted by Gasteiger charge is 1.98. The van der Waals surface area contributed by atoms with E-state index in [9.17, 15) is 0 Å². The van der Waals surface area contributed by atoms with Gasteiger partial charge in [-0.15, -0.1) is 5.10 Å². The van der Waals surface area contributed by atoms with Gasteiger partial charge in [0.05, 0.1) is 0 Å². The lowest BCUT2D eigenvalue weighted by atomic mass is 10.2. The maximum absolute atomic E-state index is 5.73. The molecule has 0 spiro atoms. The molecule has 102 valence electrons. The number of benzene rings is 2. The second-order valence-corrected chi connectivity index (χ2v) is 4.16. The summed E-state index contributed by atoms with van der Waals surface area (Å²) in [4.78, 5) is 0. The largest absolute Gasteiger partial charge is 0.489 e. The van der Waals surface area contributed by atoms with Crippen molar-refractivity contribution in [2.75, 3.05) is 0 Å². The van der Waals surface area contributed by atoms with E-state index in [2.05, 4.69) is 10.2 Å². The van der Waals surface area contributed by atoms with Gasteiger partial charge in [0, 0.05) is 10.7 Å². The molecule has 0 saturated carbocycles. The van der Waals surface area contributed by atoms with Crippen LogP contribution in [0.1, 0.15) is 11.1 Å². The minimum absolute atomic E-state index is 0.0160. The fourth-order valence-corrected chi connectivity index (χ4v) is 1.62. The molecule has 0 aliphatic heterocycles. The van der Waals surface area contributed by atoms with E-state index in [4.69, 9.17) is 16.2 Å². The number of rotatable bonds is 5. The molecule has 0 heterocycles. The lowest BCUT2D eigenvalue weighted by Gasteiger charge is -2.06. The number of nitrogens with zero attached hydrogens (tertiary/aromatic N) is 1. The topological polar surface area (TPSA) is 87.6 Å². The van der Waals surface area contributed by atoms with Gasteiger partial charge in [-0.3, -0.25) is 0 Å². The third-order valence-corrected chi connectivity index (χ3v) is 2.53. The Bertz CT molecular complexity index is 604. The minimum atomic E-state index is -0.0160. The van der Waals surface area contributed by atoms with E-state index in [1.165, 1.54) is 0 Å². The Morgan fingerprint density at radius 3 is 2.65 bits per heavy atom. The van der Waals surface area contributed by atoms with Crippen molar-refractivity contribution in [2.24, 2.45) is 16.6 Å². The summed E-state index contributed by atoms with van der Waals surface area (Å²) in [5.74, 6) is 0.770. The van der Waals surface area contributed by atoms with Gasteiger partial charge in [-0.05, 0) is 23.8 Å². The van der Waals surface area contributed by atoms with Crippen molar-refractivity contribution >= 4 is 12.2 Å². The Labute approximate surface area is 117 Å². The Kier molecular flexibility index (Phi) is 4.72. The molecule has 0 unspecified atom stereocenters. The number of nitrogens with one attached hydrogen (secondary N) is 1. The highest BCUT2D eigenvalue weighted by Crippen LogP contribution is 2.13. The van der Waals surface area contributed by atoms with Crippen LogP contribution in [0, 0.1) is 0 Å². The van der Waals surface area contributed by atoms with Gasteiger partial charge in [-0.1, -0.05) is 36.4 Å². The Morgan fingerprint density at radius 1 is 1.10 bits per heavy atom. The summed E-state index contributed by atoms with van der Waals surface area (Å²) in [7, 11) is 0. The van der Waals surface area contributed by atoms with Crippen LogP contribution in [0.3, 0.4) is 0 Å². The summed E-state index contributed by atoms with van der Waals surface area (Å²) < 4.78 is 5.73. The van der Waals surface area contributed by atoms with E-state index in [0.717, 1.165) is 16.9 Å². The summed E-state index contributed by atoms with van der Waals surface area (Å²) in [6.45, 7) is 0.533. The fourth-order valence-electron chi connectivity index (χ4n) is 1.62. The van der Waals surface area contributed by atoms with Crippen LogP contribution < -0.4 is 21.3 Å². The van der Waals surface area contributed by atoms with Crippen LogP contribution in [0.2, 0.25) is 0 Å². The normalized spacial score (nSPS) is 10.4. The molecule has 0 aromatic heterocycles. The zero-order valence-electron chi connectivity index (χ0n) is 11.0. The highest BCUT2D eigenvalue weighted by molar-refractivity contribution is 5.77. The predicted molar refractivity (Wildman–Crippen MR) is 79.2 cm³/mol. The van der Waals surface area contributed by atoms with Crippen LogP contribution in [-0.4, -0.2) is 12.2 Å². The van der Waals surface area contributed by atoms with E-state index in [1.807, 2.05) is 54.6 Å². The van der Waals surface area contributed by atoms with Crippen molar-refractivity contribution in [1.82, 2.24) is 0 Å². The molecule has 0 radical (unpaired) electrons. The molecule has 0 bridgehead atoms. The molecule has 2 aromatic carbocycles. The molecular weight excluding hydrogens is 252 g/mol. The number of hydrogen-bond donors (Lipinski definition) is 3. The van der Waals surface area contributed by atoms with E-state index >= 15 is 0 Å². The third-order valence-electron chi connectivity index (χ3n) is 2.53. The van der Waals surface area contributed by atoms with E-state index in [0.29, 0.717) is 6.61 Å². The molecule has 2 aromatic rings. The Balaban J connectivity index is 1.99. The zero-order valence-corrected chi connectivity index (χ0v) is 11.0. The molecule has 0 aliphatic carbocycles. The van der Waals surface area contributed by atoms with Gasteiger partial charge in [-0.2, -0.15) is 0 Å². The lowest BCUT2D eigenvalue weighted by molar-refractivity contribution is -0.456. The van der Waals surface area contributed by atoms with Gasteiger partial charge in [0.2, 0.25) is 6.21 Å². The molecule has 0 saturated heterocycles. The monoisotopic (exact) mass is 269 g/mol. The molecule has 5 N–H and O–H groups in total. The summed E-state index contributed by atoms with van der Waals surface area (Å²) in [6.07, 6.45) is 1.69. The third kappa shape index (κ3) is 4.45. The van der Waals surface area contributed by atoms with Crippen molar-refractivity contribution in [3.63, 3.8) is 0 Å². The van der Waals surface area contributed by atoms with Gasteiger partial charge in [0.15, 0.2) is 0 Å². The quantitative estimate of drug-likeness (QED) is 0.404. The van der Waals surface area contributed by atoms with Crippen LogP contribution >= 0.6 is 0 Å². The van der Waals surface area contributed by atoms with Crippen molar-refractivity contribution in [1.29, 1.82) is 0 Å². The van der Waals surface area contributed by atoms with E-state index in [-0.39, 0.29) is 5.96 Å². The second kappa shape index (κ2) is 6.94. The molecule has 5 nitrogen and oxygen atoms in total. The second-order valence-electron chi connectivity index (χ2n) is 4.16. The maximum Gasteiger partial charge on any atom is 0.256 e. The standard InChI is InChI=1S/C15H16N4O/c16-15(17)19-18-10-13-7-4-8-14(9-13)20-11-12-5-2-1-3-6-12/h1-10H,11H2,(H4,16,17,19)/p+1/b18-10+. The van der Waals surface area contributed by atoms with Gasteiger partial charge < -0.3 is 16.2 Å². The first-order chi connectivity index (χ1) is 9.74. The van der Waals surface area contributed by atoms with Gasteiger partial charge in [-0.25, -0.2) is 0 Å². The number of hydrazone groups is 1. The summed E-state index contributed by atoms with van der Waals surface area (Å²) in [6, 6.07) is 17.6. The van der Waals surface area contributed by atoms with Crippen molar-refractivity contribution < 1.29 is 9.84 Å². The van der Waals surface area contributed by atoms with Gasteiger partial charge in [0.25, 0.3) is 5.96 Å². The summed E-state index contributed by atoms with van der Waals surface area (Å²) in [5, 5.41) is 6.33. The Hall–Kier alpha value is -2.82. The highest BCUT2D eigenvalue weighted by atomic mass is 16.5. The predicted octanol–water partition coefficient (Wildman–Crippen LogP) is -0.0465. The smallest absolute Gasteiger partial charge is 0.256 e. The summed E-state index contributed by atoms with van der Waals surface area (Å²) >= 11 is 0. The van der Waals surface area contributed by atoms with Crippen LogP contribution in [0.15, 0.2) is 59.7 Å². The first-order valence-electron chi connectivity index (χ1n) is 6.18. The van der Waals surface area contributed by atoms with Gasteiger partial charge in [0.1, 0.15) is 12.4 Å². The molecule has 2 rings (SSSR count). The maximum atomic E-state index is 5.73. The van der Waals surface area contributed by atoms with Crippen LogP contribution in [0.4, 0.5) is 0 Å². The lowest BCUT2D eigenvalue weighted by Crippen LogP contribution is -2.63. The van der Waals surface area contributed by atoms with Crippen LogP contribution in [-0.2, 0) is 6.61 Å². The number of hydrogen-bond acceptors (Lipinski definition) is 2. The molecule has 0 atom stereocenters. The molecule has 20 heavy (non-hydrogen) atoms. The van der Waals surface area contributed by atoms with E-state index < -0.39 is 0 Å². The number of guanidine groups is 1. The number of nitrogens with two attached hydrogens (primary N) is 2. The number of ether oxygens (including phenoxy) is 1. The van der Waals surface area contributed by atoms with Crippen molar-refractivity contribution in [3.05, 3.63) is 65.7 Å². The molecule has 0 amide bonds. The van der Waals surface area contributed by atoms with Crippen molar-refractivity contribution in [2.45, 2.75) is 6.61 Å². The Morgan fingerprint density at radius 2 is 1.90 bits per heavy atom. The van der Waals surface area contributed by atoms with Gasteiger partial charge >= 0.3 is 0 Å². The molecule has 5 heteroatoms. The first kappa shape index (κ1) is 13.6. The van der Waals surface area contributed by atoms with Crippen LogP contribution in [0.25, 0.3) is 0 Å². The summed E-state index contributed by atoms with van der Waals surface area (Å²) in [5.41, 5.74) is 12.5. The van der Waals surface area contributed by atoms with E-state index in [1.54, 1.807) is 6.21 Å². The molecular formula is C15H17N4O+. The molecule has 0 aliphatic rings. The molecule has 0 fully saturated rings. The van der Waals surface area contributed by atoms with Crippen LogP contribution in [0.5, 0.6) is 5.75 Å². The minimum Gasteiger partial charge on any atom is -0.489 e. The fraction of sp³-hybridized carbons (Fsp3) is 0.0667. The first-order valence-corrected chi connectivity index (χ1v) is 6.18. The van der Waals surface area contributed by atoms with Crippen molar-refractivity contribution in [3.8, 4) is 5.75 Å². The zero-order chi connectivity index (χ0) is 14.2. The average Bonchev–Trinajstić information content (AvgIpc) is 2.46. The average molecular weight is 269 g/mol.